The minimum Gasteiger partial charge on any atom is -0.345 e. The molecule has 0 bridgehead atoms. The minimum atomic E-state index is -4.01. The molecular weight excluding hydrogens is 334 g/mol. The third-order valence-corrected chi connectivity index (χ3v) is 4.69. The maximum Gasteiger partial charge on any atom is 0.273 e. The van der Waals surface area contributed by atoms with Crippen molar-refractivity contribution < 1.29 is 17.8 Å². The molecule has 1 unspecified atom stereocenters. The smallest absolute Gasteiger partial charge is 0.273 e. The van der Waals surface area contributed by atoms with E-state index >= 15 is 0 Å². The largest absolute Gasteiger partial charge is 0.345 e. The summed E-state index contributed by atoms with van der Waals surface area (Å²) in [6, 6.07) is 5.42. The zero-order valence-electron chi connectivity index (χ0n) is 13.2. The maximum absolute atomic E-state index is 12.0. The maximum atomic E-state index is 12.0. The van der Waals surface area contributed by atoms with E-state index in [0.29, 0.717) is 25.9 Å². The first-order valence-electron chi connectivity index (χ1n) is 7.41. The first kappa shape index (κ1) is 18.0. The molecule has 0 spiro atoms. The standard InChI is InChI=1S/C14H19N5O4S/c1-11(24(21,22)23)5-4-8-19-10-13(17-18-19)14(20)16-9-12-6-2-3-7-15-12/h2-3,6-7,10-11H,4-5,8-9H2,1H3,(H,16,20)(H,21,22,23). The lowest BCUT2D eigenvalue weighted by molar-refractivity contribution is 0.0945. The third kappa shape index (κ3) is 5.39. The van der Waals surface area contributed by atoms with Gasteiger partial charge in [0.2, 0.25) is 0 Å². The number of nitrogens with one attached hydrogen (secondary N) is 1. The molecule has 2 rings (SSSR count). The molecule has 0 aliphatic carbocycles. The Kier molecular flexibility index (Phi) is 5.99. The fourth-order valence-electron chi connectivity index (χ4n) is 1.97. The molecule has 0 fully saturated rings. The Bertz CT molecular complexity index is 775. The molecule has 2 aromatic rings. The quantitative estimate of drug-likeness (QED) is 0.667. The second kappa shape index (κ2) is 7.97. The lowest BCUT2D eigenvalue weighted by Gasteiger charge is -2.07. The summed E-state index contributed by atoms with van der Waals surface area (Å²) in [6.45, 7) is 2.13. The monoisotopic (exact) mass is 353 g/mol. The number of hydrogen-bond acceptors (Lipinski definition) is 6. The molecule has 0 aliphatic rings. The molecule has 0 aromatic carbocycles. The molecule has 0 radical (unpaired) electrons. The van der Waals surface area contributed by atoms with Gasteiger partial charge in [-0.1, -0.05) is 11.3 Å². The summed E-state index contributed by atoms with van der Waals surface area (Å²) in [5.41, 5.74) is 0.909. The third-order valence-electron chi connectivity index (χ3n) is 3.43. The summed E-state index contributed by atoms with van der Waals surface area (Å²) in [4.78, 5) is 16.1. The highest BCUT2D eigenvalue weighted by Gasteiger charge is 2.17. The molecule has 1 amide bonds. The first-order valence-corrected chi connectivity index (χ1v) is 8.91. The zero-order valence-corrected chi connectivity index (χ0v) is 14.0. The average molecular weight is 353 g/mol. The Morgan fingerprint density at radius 3 is 2.88 bits per heavy atom. The van der Waals surface area contributed by atoms with Gasteiger partial charge in [-0.05, 0) is 31.9 Å². The SMILES string of the molecule is CC(CCCn1cc(C(=O)NCc2ccccn2)nn1)S(=O)(=O)O. The van der Waals surface area contributed by atoms with Crippen LogP contribution in [0, 0.1) is 0 Å². The molecule has 2 aromatic heterocycles. The fraction of sp³-hybridized carbons (Fsp3) is 0.429. The second-order valence-corrected chi connectivity index (χ2v) is 7.17. The summed E-state index contributed by atoms with van der Waals surface area (Å²) < 4.78 is 32.2. The van der Waals surface area contributed by atoms with Gasteiger partial charge in [-0.2, -0.15) is 8.42 Å². The summed E-state index contributed by atoms with van der Waals surface area (Å²) in [7, 11) is -4.01. The van der Waals surface area contributed by atoms with Crippen LogP contribution in [-0.2, 0) is 23.2 Å². The Balaban J connectivity index is 1.81. The molecule has 24 heavy (non-hydrogen) atoms. The number of pyridine rings is 1. The van der Waals surface area contributed by atoms with Crippen molar-refractivity contribution in [1.82, 2.24) is 25.3 Å². The van der Waals surface area contributed by atoms with Crippen molar-refractivity contribution in [2.24, 2.45) is 0 Å². The number of carbonyl (C=O) groups is 1. The number of aromatic nitrogens is 4. The topological polar surface area (TPSA) is 127 Å². The zero-order chi connectivity index (χ0) is 17.6. The number of nitrogens with zero attached hydrogens (tertiary/aromatic N) is 4. The van der Waals surface area contributed by atoms with Crippen molar-refractivity contribution in [2.45, 2.75) is 38.1 Å². The first-order chi connectivity index (χ1) is 11.4. The van der Waals surface area contributed by atoms with E-state index in [9.17, 15) is 13.2 Å². The molecule has 2 N–H and O–H groups in total. The van der Waals surface area contributed by atoms with Crippen LogP contribution in [-0.4, -0.2) is 44.1 Å². The summed E-state index contributed by atoms with van der Waals surface area (Å²) >= 11 is 0. The Morgan fingerprint density at radius 2 is 2.21 bits per heavy atom. The lowest BCUT2D eigenvalue weighted by Crippen LogP contribution is -2.23. The van der Waals surface area contributed by atoms with Crippen molar-refractivity contribution in [3.8, 4) is 0 Å². The van der Waals surface area contributed by atoms with Crippen LogP contribution in [0.25, 0.3) is 0 Å². The van der Waals surface area contributed by atoms with Crippen LogP contribution >= 0.6 is 0 Å². The number of rotatable bonds is 8. The van der Waals surface area contributed by atoms with Crippen LogP contribution in [0.5, 0.6) is 0 Å². The summed E-state index contributed by atoms with van der Waals surface area (Å²) in [5.74, 6) is -0.363. The molecule has 0 saturated carbocycles. The van der Waals surface area contributed by atoms with E-state index < -0.39 is 15.4 Å². The highest BCUT2D eigenvalue weighted by atomic mass is 32.2. The molecular formula is C14H19N5O4S. The highest BCUT2D eigenvalue weighted by Crippen LogP contribution is 2.07. The Hall–Kier alpha value is -2.33. The van der Waals surface area contributed by atoms with Crippen LogP contribution in [0.1, 0.15) is 35.9 Å². The fourth-order valence-corrected chi connectivity index (χ4v) is 2.43. The van der Waals surface area contributed by atoms with Gasteiger partial charge in [0.15, 0.2) is 5.69 Å². The van der Waals surface area contributed by atoms with Gasteiger partial charge < -0.3 is 5.32 Å². The predicted octanol–water partition coefficient (Wildman–Crippen LogP) is 0.660. The van der Waals surface area contributed by atoms with Gasteiger partial charge >= 0.3 is 0 Å². The van der Waals surface area contributed by atoms with Gasteiger partial charge in [0.25, 0.3) is 16.0 Å². The predicted molar refractivity (Wildman–Crippen MR) is 85.7 cm³/mol. The second-order valence-electron chi connectivity index (χ2n) is 5.34. The van der Waals surface area contributed by atoms with Gasteiger partial charge in [0, 0.05) is 12.7 Å². The van der Waals surface area contributed by atoms with Crippen molar-refractivity contribution >= 4 is 16.0 Å². The molecule has 130 valence electrons. The summed E-state index contributed by atoms with van der Waals surface area (Å²) in [5, 5.41) is 9.48. The molecule has 2 heterocycles. The van der Waals surface area contributed by atoms with E-state index in [4.69, 9.17) is 4.55 Å². The van der Waals surface area contributed by atoms with Crippen molar-refractivity contribution in [2.75, 3.05) is 0 Å². The average Bonchev–Trinajstić information content (AvgIpc) is 3.01. The van der Waals surface area contributed by atoms with Gasteiger partial charge in [0.05, 0.1) is 23.7 Å². The normalized spacial score (nSPS) is 12.8. The Labute approximate surface area is 139 Å². The molecule has 1 atom stereocenters. The molecule has 10 heteroatoms. The van der Waals surface area contributed by atoms with Crippen molar-refractivity contribution in [3.63, 3.8) is 0 Å². The van der Waals surface area contributed by atoms with E-state index in [-0.39, 0.29) is 11.6 Å². The number of hydrogen-bond donors (Lipinski definition) is 2. The van der Waals surface area contributed by atoms with E-state index in [1.54, 1.807) is 18.3 Å². The van der Waals surface area contributed by atoms with Crippen LogP contribution in [0.3, 0.4) is 0 Å². The van der Waals surface area contributed by atoms with E-state index in [0.717, 1.165) is 5.69 Å². The van der Waals surface area contributed by atoms with E-state index in [2.05, 4.69) is 20.6 Å². The highest BCUT2D eigenvalue weighted by molar-refractivity contribution is 7.86. The minimum absolute atomic E-state index is 0.175. The van der Waals surface area contributed by atoms with Crippen LogP contribution < -0.4 is 5.32 Å². The number of carbonyl (C=O) groups excluding carboxylic acids is 1. The molecule has 0 aliphatic heterocycles. The van der Waals surface area contributed by atoms with Gasteiger partial charge in [0.1, 0.15) is 0 Å². The number of amides is 1. The number of aryl methyl sites for hydroxylation is 1. The molecule has 9 nitrogen and oxygen atoms in total. The van der Waals surface area contributed by atoms with E-state index in [1.165, 1.54) is 17.8 Å². The van der Waals surface area contributed by atoms with E-state index in [1.807, 2.05) is 6.07 Å². The van der Waals surface area contributed by atoms with Crippen LogP contribution in [0.2, 0.25) is 0 Å². The van der Waals surface area contributed by atoms with Gasteiger partial charge in [-0.15, -0.1) is 5.10 Å². The van der Waals surface area contributed by atoms with Crippen molar-refractivity contribution in [3.05, 3.63) is 42.0 Å². The van der Waals surface area contributed by atoms with Crippen LogP contribution in [0.15, 0.2) is 30.6 Å². The van der Waals surface area contributed by atoms with Crippen LogP contribution in [0.4, 0.5) is 0 Å². The van der Waals surface area contributed by atoms with Gasteiger partial charge in [-0.25, -0.2) is 0 Å². The van der Waals surface area contributed by atoms with Crippen molar-refractivity contribution in [1.29, 1.82) is 0 Å². The van der Waals surface area contributed by atoms with Gasteiger partial charge in [-0.3, -0.25) is 19.0 Å². The summed E-state index contributed by atoms with van der Waals surface area (Å²) in [6.07, 6.45) is 3.91. The lowest BCUT2D eigenvalue weighted by atomic mass is 10.2. The Morgan fingerprint density at radius 1 is 1.42 bits per heavy atom. The molecule has 0 saturated heterocycles.